The summed E-state index contributed by atoms with van der Waals surface area (Å²) in [7, 11) is 0. The third-order valence-electron chi connectivity index (χ3n) is 1.86. The second-order valence-corrected chi connectivity index (χ2v) is 3.40. The molecule has 50 valence electrons. The molecule has 1 heteroatoms. The van der Waals surface area contributed by atoms with Crippen molar-refractivity contribution in [2.45, 2.75) is 27.2 Å². The van der Waals surface area contributed by atoms with Crippen molar-refractivity contribution in [1.82, 2.24) is 0 Å². The SMILES string of the molecule is CCC(C)C(C)CI. The van der Waals surface area contributed by atoms with Crippen LogP contribution in [0.3, 0.4) is 0 Å². The fraction of sp³-hybridized carbons (Fsp3) is 1.00. The Morgan fingerprint density at radius 1 is 1.25 bits per heavy atom. The van der Waals surface area contributed by atoms with E-state index in [1.54, 1.807) is 0 Å². The molecule has 0 aromatic heterocycles. The van der Waals surface area contributed by atoms with Crippen molar-refractivity contribution < 1.29 is 0 Å². The van der Waals surface area contributed by atoms with Crippen molar-refractivity contribution in [2.75, 3.05) is 4.43 Å². The highest BCUT2D eigenvalue weighted by Crippen LogP contribution is 2.15. The summed E-state index contributed by atoms with van der Waals surface area (Å²) in [5, 5.41) is 0. The van der Waals surface area contributed by atoms with Crippen LogP contribution in [0.4, 0.5) is 0 Å². The van der Waals surface area contributed by atoms with E-state index in [0.29, 0.717) is 0 Å². The van der Waals surface area contributed by atoms with Gasteiger partial charge in [0.1, 0.15) is 0 Å². The maximum Gasteiger partial charge on any atom is 0.00236 e. The Balaban J connectivity index is 3.29. The Labute approximate surface area is 66.2 Å². The first-order chi connectivity index (χ1) is 3.72. The van der Waals surface area contributed by atoms with Crippen LogP contribution in [0.25, 0.3) is 0 Å². The van der Waals surface area contributed by atoms with E-state index in [1.165, 1.54) is 10.8 Å². The molecule has 0 heterocycles. The average Bonchev–Trinajstić information content (AvgIpc) is 1.84. The topological polar surface area (TPSA) is 0 Å². The minimum absolute atomic E-state index is 0.903. The van der Waals surface area contributed by atoms with Gasteiger partial charge in [0.2, 0.25) is 0 Å². The number of hydrogen-bond donors (Lipinski definition) is 0. The van der Waals surface area contributed by atoms with Crippen molar-refractivity contribution in [1.29, 1.82) is 0 Å². The molecule has 0 saturated heterocycles. The fourth-order valence-electron chi connectivity index (χ4n) is 0.554. The summed E-state index contributed by atoms with van der Waals surface area (Å²) >= 11 is 2.45. The molecule has 0 aromatic carbocycles. The monoisotopic (exact) mass is 226 g/mol. The summed E-state index contributed by atoms with van der Waals surface area (Å²) in [5.74, 6) is 1.81. The summed E-state index contributed by atoms with van der Waals surface area (Å²) in [4.78, 5) is 0. The van der Waals surface area contributed by atoms with Gasteiger partial charge in [-0.15, -0.1) is 0 Å². The van der Waals surface area contributed by atoms with E-state index in [2.05, 4.69) is 43.4 Å². The molecular formula is C7H15I. The molecule has 0 N–H and O–H groups in total. The highest BCUT2D eigenvalue weighted by atomic mass is 127. The van der Waals surface area contributed by atoms with Crippen LogP contribution < -0.4 is 0 Å². The van der Waals surface area contributed by atoms with E-state index >= 15 is 0 Å². The van der Waals surface area contributed by atoms with Crippen LogP contribution in [0.1, 0.15) is 27.2 Å². The molecule has 0 saturated carbocycles. The second kappa shape index (κ2) is 4.59. The van der Waals surface area contributed by atoms with Crippen molar-refractivity contribution in [2.24, 2.45) is 11.8 Å². The number of rotatable bonds is 3. The number of hydrogen-bond acceptors (Lipinski definition) is 0. The Morgan fingerprint density at radius 2 is 1.75 bits per heavy atom. The van der Waals surface area contributed by atoms with Crippen LogP contribution in [0.5, 0.6) is 0 Å². The lowest BCUT2D eigenvalue weighted by Gasteiger charge is -2.13. The first-order valence-electron chi connectivity index (χ1n) is 3.28. The zero-order valence-electron chi connectivity index (χ0n) is 5.95. The van der Waals surface area contributed by atoms with Crippen molar-refractivity contribution in [3.8, 4) is 0 Å². The van der Waals surface area contributed by atoms with Gasteiger partial charge in [-0.25, -0.2) is 0 Å². The molecule has 8 heavy (non-hydrogen) atoms. The first-order valence-corrected chi connectivity index (χ1v) is 4.80. The molecule has 2 unspecified atom stereocenters. The molecule has 0 aliphatic carbocycles. The van der Waals surface area contributed by atoms with Gasteiger partial charge in [0, 0.05) is 4.43 Å². The second-order valence-electron chi connectivity index (χ2n) is 2.52. The van der Waals surface area contributed by atoms with E-state index in [1.807, 2.05) is 0 Å². The third-order valence-corrected chi connectivity index (χ3v) is 3.25. The zero-order chi connectivity index (χ0) is 6.57. The minimum Gasteiger partial charge on any atom is -0.0861 e. The number of halogens is 1. The van der Waals surface area contributed by atoms with E-state index < -0.39 is 0 Å². The lowest BCUT2D eigenvalue weighted by atomic mass is 9.96. The van der Waals surface area contributed by atoms with E-state index in [4.69, 9.17) is 0 Å². The maximum absolute atomic E-state index is 2.45. The molecule has 0 aliphatic rings. The van der Waals surface area contributed by atoms with Gasteiger partial charge >= 0.3 is 0 Å². The molecule has 0 amide bonds. The molecule has 2 atom stereocenters. The van der Waals surface area contributed by atoms with Gasteiger partial charge in [0.25, 0.3) is 0 Å². The Morgan fingerprint density at radius 3 is 1.88 bits per heavy atom. The normalized spacial score (nSPS) is 18.0. The predicted molar refractivity (Wildman–Crippen MR) is 47.5 cm³/mol. The lowest BCUT2D eigenvalue weighted by Crippen LogP contribution is -2.06. The number of alkyl halides is 1. The standard InChI is InChI=1S/C7H15I/c1-4-6(2)7(3)5-8/h6-7H,4-5H2,1-3H3. The Hall–Kier alpha value is 0.730. The lowest BCUT2D eigenvalue weighted by molar-refractivity contribution is 0.418. The fourth-order valence-corrected chi connectivity index (χ4v) is 1.42. The highest BCUT2D eigenvalue weighted by Gasteiger charge is 2.06. The molecule has 0 aliphatic heterocycles. The molecule has 0 spiro atoms. The minimum atomic E-state index is 0.903. The summed E-state index contributed by atoms with van der Waals surface area (Å²) in [6, 6.07) is 0. The molecule has 0 fully saturated rings. The largest absolute Gasteiger partial charge is 0.0861 e. The summed E-state index contributed by atoms with van der Waals surface area (Å²) in [5.41, 5.74) is 0. The maximum atomic E-state index is 2.45. The van der Waals surface area contributed by atoms with Crippen LogP contribution >= 0.6 is 22.6 Å². The van der Waals surface area contributed by atoms with Crippen LogP contribution in [0, 0.1) is 11.8 Å². The van der Waals surface area contributed by atoms with Gasteiger partial charge in [-0.2, -0.15) is 0 Å². The molecule has 0 aromatic rings. The average molecular weight is 226 g/mol. The quantitative estimate of drug-likeness (QED) is 0.512. The molecule has 0 nitrogen and oxygen atoms in total. The summed E-state index contributed by atoms with van der Waals surface area (Å²) in [6.45, 7) is 6.90. The van der Waals surface area contributed by atoms with E-state index in [-0.39, 0.29) is 0 Å². The van der Waals surface area contributed by atoms with Crippen LogP contribution in [-0.4, -0.2) is 4.43 Å². The summed E-state index contributed by atoms with van der Waals surface area (Å²) in [6.07, 6.45) is 1.32. The Kier molecular flexibility index (Phi) is 5.01. The van der Waals surface area contributed by atoms with Crippen molar-refractivity contribution in [3.63, 3.8) is 0 Å². The highest BCUT2D eigenvalue weighted by molar-refractivity contribution is 14.1. The molecular weight excluding hydrogens is 211 g/mol. The van der Waals surface area contributed by atoms with Crippen LogP contribution in [0.2, 0.25) is 0 Å². The molecule has 0 radical (unpaired) electrons. The van der Waals surface area contributed by atoms with Gasteiger partial charge in [-0.1, -0.05) is 49.8 Å². The van der Waals surface area contributed by atoms with E-state index in [0.717, 1.165) is 11.8 Å². The predicted octanol–water partition coefficient (Wildman–Crippen LogP) is 3.10. The van der Waals surface area contributed by atoms with Gasteiger partial charge < -0.3 is 0 Å². The smallest absolute Gasteiger partial charge is 0.00236 e. The molecule has 0 rings (SSSR count). The zero-order valence-corrected chi connectivity index (χ0v) is 8.10. The third kappa shape index (κ3) is 2.90. The van der Waals surface area contributed by atoms with Gasteiger partial charge in [-0.3, -0.25) is 0 Å². The van der Waals surface area contributed by atoms with Gasteiger partial charge in [0.05, 0.1) is 0 Å². The van der Waals surface area contributed by atoms with Gasteiger partial charge in [0.15, 0.2) is 0 Å². The van der Waals surface area contributed by atoms with Crippen LogP contribution in [0.15, 0.2) is 0 Å². The first kappa shape index (κ1) is 8.73. The van der Waals surface area contributed by atoms with Crippen LogP contribution in [-0.2, 0) is 0 Å². The summed E-state index contributed by atoms with van der Waals surface area (Å²) < 4.78 is 1.30. The van der Waals surface area contributed by atoms with Crippen molar-refractivity contribution in [3.05, 3.63) is 0 Å². The Bertz CT molecular complexity index is 44.3. The van der Waals surface area contributed by atoms with E-state index in [9.17, 15) is 0 Å². The van der Waals surface area contributed by atoms with Gasteiger partial charge in [-0.05, 0) is 11.8 Å². The van der Waals surface area contributed by atoms with Crippen molar-refractivity contribution >= 4 is 22.6 Å². The molecule has 0 bridgehead atoms.